The predicted octanol–water partition coefficient (Wildman–Crippen LogP) is 2.32. The molecule has 1 unspecified atom stereocenters. The number of aromatic carboxylic acids is 1. The summed E-state index contributed by atoms with van der Waals surface area (Å²) >= 11 is 0. The third-order valence-electron chi connectivity index (χ3n) is 2.42. The third-order valence-corrected chi connectivity index (χ3v) is 2.42. The Hall–Kier alpha value is -1.78. The van der Waals surface area contributed by atoms with E-state index in [0.29, 0.717) is 5.69 Å². The quantitative estimate of drug-likeness (QED) is 0.689. The third kappa shape index (κ3) is 2.42. The van der Waals surface area contributed by atoms with Crippen LogP contribution in [0.4, 0.5) is 15.8 Å². The number of rotatable bonds is 4. The highest BCUT2D eigenvalue weighted by Crippen LogP contribution is 2.25. The van der Waals surface area contributed by atoms with Crippen molar-refractivity contribution in [3.8, 4) is 0 Å². The normalized spacial score (nSPS) is 12.2. The van der Waals surface area contributed by atoms with E-state index in [-0.39, 0.29) is 17.3 Å². The van der Waals surface area contributed by atoms with Crippen LogP contribution in [0.15, 0.2) is 12.1 Å². The van der Waals surface area contributed by atoms with Crippen LogP contribution >= 0.6 is 0 Å². The van der Waals surface area contributed by atoms with Crippen LogP contribution in [-0.2, 0) is 0 Å². The van der Waals surface area contributed by atoms with Crippen LogP contribution in [0.5, 0.6) is 0 Å². The zero-order valence-electron chi connectivity index (χ0n) is 9.25. The number of anilines is 2. The average Bonchev–Trinajstić information content (AvgIpc) is 2.23. The summed E-state index contributed by atoms with van der Waals surface area (Å²) in [5.74, 6) is -1.95. The fraction of sp³-hybridized carbons (Fsp3) is 0.364. The number of halogens is 1. The Kier molecular flexibility index (Phi) is 3.71. The van der Waals surface area contributed by atoms with Crippen LogP contribution in [0, 0.1) is 5.82 Å². The van der Waals surface area contributed by atoms with Gasteiger partial charge in [0.2, 0.25) is 0 Å². The molecular formula is C11H15FN2O2. The fourth-order valence-corrected chi connectivity index (χ4v) is 1.31. The number of carboxylic acids is 1. The van der Waals surface area contributed by atoms with E-state index in [4.69, 9.17) is 10.8 Å². The van der Waals surface area contributed by atoms with Crippen molar-refractivity contribution in [2.45, 2.75) is 26.3 Å². The van der Waals surface area contributed by atoms with Gasteiger partial charge in [-0.05, 0) is 25.5 Å². The lowest BCUT2D eigenvalue weighted by atomic mass is 10.1. The Morgan fingerprint density at radius 2 is 2.25 bits per heavy atom. The molecule has 0 aliphatic heterocycles. The van der Waals surface area contributed by atoms with Crippen molar-refractivity contribution in [3.05, 3.63) is 23.5 Å². The molecule has 88 valence electrons. The standard InChI is InChI=1S/C11H15FN2O2/c1-3-6(2)14-8-5-4-7(12)10(13)9(8)11(15)16/h4-6,14H,3,13H2,1-2H3,(H,15,16). The molecular weight excluding hydrogens is 211 g/mol. The minimum absolute atomic E-state index is 0.1000. The largest absolute Gasteiger partial charge is 0.478 e. The number of nitrogens with two attached hydrogens (primary N) is 1. The molecule has 0 saturated carbocycles. The van der Waals surface area contributed by atoms with Crippen molar-refractivity contribution in [1.82, 2.24) is 0 Å². The van der Waals surface area contributed by atoms with Crippen LogP contribution in [0.2, 0.25) is 0 Å². The van der Waals surface area contributed by atoms with Crippen molar-refractivity contribution in [2.24, 2.45) is 0 Å². The van der Waals surface area contributed by atoms with Gasteiger partial charge in [0.15, 0.2) is 0 Å². The Labute approximate surface area is 93.3 Å². The van der Waals surface area contributed by atoms with Crippen molar-refractivity contribution in [3.63, 3.8) is 0 Å². The van der Waals surface area contributed by atoms with Gasteiger partial charge in [-0.25, -0.2) is 9.18 Å². The maximum absolute atomic E-state index is 13.1. The molecule has 0 heterocycles. The summed E-state index contributed by atoms with van der Waals surface area (Å²) in [5.41, 5.74) is 5.21. The average molecular weight is 226 g/mol. The van der Waals surface area contributed by atoms with Crippen LogP contribution in [0.1, 0.15) is 30.6 Å². The maximum atomic E-state index is 13.1. The van der Waals surface area contributed by atoms with Gasteiger partial charge >= 0.3 is 5.97 Å². The Morgan fingerprint density at radius 1 is 1.62 bits per heavy atom. The second-order valence-electron chi connectivity index (χ2n) is 3.64. The van der Waals surface area contributed by atoms with Crippen LogP contribution < -0.4 is 11.1 Å². The zero-order chi connectivity index (χ0) is 12.3. The van der Waals surface area contributed by atoms with Crippen LogP contribution in [-0.4, -0.2) is 17.1 Å². The molecule has 16 heavy (non-hydrogen) atoms. The minimum Gasteiger partial charge on any atom is -0.478 e. The Morgan fingerprint density at radius 3 is 2.75 bits per heavy atom. The molecule has 1 aromatic rings. The summed E-state index contributed by atoms with van der Waals surface area (Å²) in [6, 6.07) is 2.65. The first-order valence-corrected chi connectivity index (χ1v) is 5.05. The monoisotopic (exact) mass is 226 g/mol. The minimum atomic E-state index is -1.23. The van der Waals surface area contributed by atoms with Crippen molar-refractivity contribution in [2.75, 3.05) is 11.1 Å². The van der Waals surface area contributed by atoms with Gasteiger partial charge in [-0.15, -0.1) is 0 Å². The SMILES string of the molecule is CCC(C)Nc1ccc(F)c(N)c1C(=O)O. The lowest BCUT2D eigenvalue weighted by Crippen LogP contribution is -2.17. The van der Waals surface area contributed by atoms with Gasteiger partial charge in [-0.3, -0.25) is 0 Å². The van der Waals surface area contributed by atoms with Crippen molar-refractivity contribution < 1.29 is 14.3 Å². The second-order valence-corrected chi connectivity index (χ2v) is 3.64. The smallest absolute Gasteiger partial charge is 0.340 e. The Balaban J connectivity index is 3.18. The first kappa shape index (κ1) is 12.3. The number of nitrogen functional groups attached to an aromatic ring is 1. The summed E-state index contributed by atoms with van der Waals surface area (Å²) in [4.78, 5) is 11.0. The molecule has 0 aliphatic rings. The molecule has 1 rings (SSSR count). The fourth-order valence-electron chi connectivity index (χ4n) is 1.31. The first-order valence-electron chi connectivity index (χ1n) is 5.05. The number of hydrogen-bond acceptors (Lipinski definition) is 3. The molecule has 0 aromatic heterocycles. The molecule has 0 aliphatic carbocycles. The van der Waals surface area contributed by atoms with Gasteiger partial charge in [0, 0.05) is 6.04 Å². The highest BCUT2D eigenvalue weighted by Gasteiger charge is 2.18. The van der Waals surface area contributed by atoms with Gasteiger partial charge in [0.25, 0.3) is 0 Å². The molecule has 0 radical (unpaired) electrons. The van der Waals surface area contributed by atoms with Crippen LogP contribution in [0.25, 0.3) is 0 Å². The summed E-state index contributed by atoms with van der Waals surface area (Å²) in [7, 11) is 0. The van der Waals surface area contributed by atoms with Gasteiger partial charge < -0.3 is 16.2 Å². The van der Waals surface area contributed by atoms with Crippen LogP contribution in [0.3, 0.4) is 0 Å². The number of hydrogen-bond donors (Lipinski definition) is 3. The highest BCUT2D eigenvalue weighted by atomic mass is 19.1. The van der Waals surface area contributed by atoms with Crippen molar-refractivity contribution in [1.29, 1.82) is 0 Å². The molecule has 0 bridgehead atoms. The highest BCUT2D eigenvalue weighted by molar-refractivity contribution is 6.00. The number of carbonyl (C=O) groups is 1. The van der Waals surface area contributed by atoms with E-state index in [0.717, 1.165) is 12.5 Å². The molecule has 0 amide bonds. The van der Waals surface area contributed by atoms with E-state index in [9.17, 15) is 9.18 Å². The summed E-state index contributed by atoms with van der Waals surface area (Å²) in [6.07, 6.45) is 0.830. The lowest BCUT2D eigenvalue weighted by Gasteiger charge is -2.16. The molecule has 0 spiro atoms. The molecule has 1 atom stereocenters. The van der Waals surface area contributed by atoms with E-state index < -0.39 is 11.8 Å². The van der Waals surface area contributed by atoms with Gasteiger partial charge in [0.05, 0.1) is 11.4 Å². The first-order chi connectivity index (χ1) is 7.47. The molecule has 4 N–H and O–H groups in total. The summed E-state index contributed by atoms with van der Waals surface area (Å²) in [6.45, 7) is 3.87. The van der Waals surface area contributed by atoms with E-state index in [1.54, 1.807) is 0 Å². The van der Waals surface area contributed by atoms with E-state index >= 15 is 0 Å². The number of benzene rings is 1. The topological polar surface area (TPSA) is 75.3 Å². The van der Waals surface area contributed by atoms with E-state index in [1.807, 2.05) is 13.8 Å². The lowest BCUT2D eigenvalue weighted by molar-refractivity contribution is 0.0698. The van der Waals surface area contributed by atoms with Crippen molar-refractivity contribution >= 4 is 17.3 Å². The molecule has 4 nitrogen and oxygen atoms in total. The van der Waals surface area contributed by atoms with E-state index in [2.05, 4.69) is 5.32 Å². The molecule has 0 fully saturated rings. The predicted molar refractivity (Wildman–Crippen MR) is 61.1 cm³/mol. The van der Waals surface area contributed by atoms with E-state index in [1.165, 1.54) is 6.07 Å². The molecule has 1 aromatic carbocycles. The van der Waals surface area contributed by atoms with Gasteiger partial charge in [0.1, 0.15) is 11.4 Å². The summed E-state index contributed by atoms with van der Waals surface area (Å²) in [5, 5.41) is 12.0. The maximum Gasteiger partial charge on any atom is 0.340 e. The molecule has 5 heteroatoms. The zero-order valence-corrected chi connectivity index (χ0v) is 9.25. The Bertz CT molecular complexity index is 407. The number of carboxylic acid groups (broad SMARTS) is 1. The molecule has 0 saturated heterocycles. The second kappa shape index (κ2) is 4.83. The van der Waals surface area contributed by atoms with Gasteiger partial charge in [-0.1, -0.05) is 6.92 Å². The number of nitrogens with one attached hydrogen (secondary N) is 1. The summed E-state index contributed by atoms with van der Waals surface area (Å²) < 4.78 is 13.1. The van der Waals surface area contributed by atoms with Gasteiger partial charge in [-0.2, -0.15) is 0 Å².